The second-order valence-electron chi connectivity index (χ2n) is 5.29. The van der Waals surface area contributed by atoms with E-state index in [1.807, 2.05) is 29.2 Å². The molecule has 0 bridgehead atoms. The van der Waals surface area contributed by atoms with Crippen LogP contribution in [0.3, 0.4) is 0 Å². The number of fused-ring (bicyclic) bond motifs is 1. The van der Waals surface area contributed by atoms with Crippen LogP contribution in [0, 0.1) is 0 Å². The number of carbonyl (C=O) groups is 1. The van der Waals surface area contributed by atoms with Crippen LogP contribution in [0.5, 0.6) is 5.75 Å². The number of nitrogens with zero attached hydrogens (tertiary/aromatic N) is 2. The number of methoxy groups -OCH3 is 1. The maximum atomic E-state index is 11.9. The molecule has 1 amide bonds. The van der Waals surface area contributed by atoms with E-state index in [-0.39, 0.29) is 28.7 Å². The molecule has 2 aliphatic rings. The van der Waals surface area contributed by atoms with Gasteiger partial charge in [-0.2, -0.15) is 4.99 Å². The highest BCUT2D eigenvalue weighted by Gasteiger charge is 2.49. The van der Waals surface area contributed by atoms with E-state index in [1.165, 1.54) is 18.7 Å². The largest absolute Gasteiger partial charge is 0.497 e. The van der Waals surface area contributed by atoms with Crippen molar-refractivity contribution in [3.05, 3.63) is 24.3 Å². The number of carbonyl (C=O) groups excluding carboxylic acids is 1. The fourth-order valence-corrected chi connectivity index (χ4v) is 6.72. The highest BCUT2D eigenvalue weighted by atomic mass is 32.2. The van der Waals surface area contributed by atoms with E-state index in [0.29, 0.717) is 10.9 Å². The normalized spacial score (nSPS) is 27.9. The Kier molecular flexibility index (Phi) is 3.90. The van der Waals surface area contributed by atoms with Crippen molar-refractivity contribution >= 4 is 38.4 Å². The molecule has 1 aromatic carbocycles. The van der Waals surface area contributed by atoms with Crippen LogP contribution in [0.1, 0.15) is 6.92 Å². The molecule has 8 heteroatoms. The van der Waals surface area contributed by atoms with E-state index in [2.05, 4.69) is 4.99 Å². The number of anilines is 1. The summed E-state index contributed by atoms with van der Waals surface area (Å²) in [6.07, 6.45) is 0. The summed E-state index contributed by atoms with van der Waals surface area (Å²) in [6, 6.07) is 7.15. The highest BCUT2D eigenvalue weighted by molar-refractivity contribution is 8.16. The van der Waals surface area contributed by atoms with Gasteiger partial charge in [-0.1, -0.05) is 17.8 Å². The summed E-state index contributed by atoms with van der Waals surface area (Å²) in [7, 11) is -1.47. The van der Waals surface area contributed by atoms with Crippen LogP contribution in [-0.2, 0) is 14.6 Å². The van der Waals surface area contributed by atoms with E-state index in [9.17, 15) is 13.2 Å². The van der Waals surface area contributed by atoms with E-state index in [4.69, 9.17) is 4.74 Å². The minimum absolute atomic E-state index is 0.0821. The molecule has 2 heterocycles. The van der Waals surface area contributed by atoms with Gasteiger partial charge in [0.2, 0.25) is 5.91 Å². The average molecular weight is 340 g/mol. The number of sulfone groups is 1. The molecule has 0 N–H and O–H groups in total. The summed E-state index contributed by atoms with van der Waals surface area (Å²) >= 11 is 1.36. The van der Waals surface area contributed by atoms with Crippen molar-refractivity contribution in [1.29, 1.82) is 0 Å². The third-order valence-electron chi connectivity index (χ3n) is 3.65. The third-order valence-corrected chi connectivity index (χ3v) is 6.86. The third kappa shape index (κ3) is 2.85. The Hall–Kier alpha value is -1.54. The first-order valence-electron chi connectivity index (χ1n) is 6.79. The molecule has 2 fully saturated rings. The molecule has 2 saturated heterocycles. The number of thioether (sulfide) groups is 1. The molecule has 0 aromatic heterocycles. The summed E-state index contributed by atoms with van der Waals surface area (Å²) < 4.78 is 29.0. The quantitative estimate of drug-likeness (QED) is 0.808. The van der Waals surface area contributed by atoms with Crippen molar-refractivity contribution in [2.45, 2.75) is 18.2 Å². The van der Waals surface area contributed by atoms with Gasteiger partial charge < -0.3 is 9.64 Å². The SMILES string of the molecule is COc1cccc(N2C(=NC(C)=O)SC3CS(=O)(=O)CC32)c1. The Morgan fingerprint density at radius 3 is 2.86 bits per heavy atom. The zero-order chi connectivity index (χ0) is 15.9. The van der Waals surface area contributed by atoms with Gasteiger partial charge in [0, 0.05) is 23.9 Å². The van der Waals surface area contributed by atoms with Crippen molar-refractivity contribution in [3.8, 4) is 5.75 Å². The first kappa shape index (κ1) is 15.4. The fourth-order valence-electron chi connectivity index (χ4n) is 2.76. The second kappa shape index (κ2) is 5.58. The Labute approximate surface area is 133 Å². The van der Waals surface area contributed by atoms with Gasteiger partial charge in [0.25, 0.3) is 0 Å². The van der Waals surface area contributed by atoms with Crippen LogP contribution in [0.2, 0.25) is 0 Å². The van der Waals surface area contributed by atoms with Crippen molar-refractivity contribution in [3.63, 3.8) is 0 Å². The van der Waals surface area contributed by atoms with Gasteiger partial charge in [-0.3, -0.25) is 4.79 Å². The number of hydrogen-bond donors (Lipinski definition) is 0. The molecule has 2 atom stereocenters. The minimum atomic E-state index is -3.05. The number of amides is 1. The van der Waals surface area contributed by atoms with Crippen LogP contribution < -0.4 is 9.64 Å². The van der Waals surface area contributed by atoms with E-state index in [1.54, 1.807) is 7.11 Å². The summed E-state index contributed by atoms with van der Waals surface area (Å²) in [5.41, 5.74) is 0.788. The highest BCUT2D eigenvalue weighted by Crippen LogP contribution is 2.41. The lowest BCUT2D eigenvalue weighted by atomic mass is 10.2. The lowest BCUT2D eigenvalue weighted by Crippen LogP contribution is -2.37. The van der Waals surface area contributed by atoms with Gasteiger partial charge in [0.05, 0.1) is 24.7 Å². The number of ether oxygens (including phenoxy) is 1. The monoisotopic (exact) mass is 340 g/mol. The molecule has 2 unspecified atom stereocenters. The summed E-state index contributed by atoms with van der Waals surface area (Å²) in [4.78, 5) is 17.3. The van der Waals surface area contributed by atoms with E-state index >= 15 is 0 Å². The summed E-state index contributed by atoms with van der Waals surface area (Å²) in [6.45, 7) is 1.39. The zero-order valence-corrected chi connectivity index (χ0v) is 13.9. The molecular weight excluding hydrogens is 324 g/mol. The number of hydrogen-bond acceptors (Lipinski definition) is 5. The number of benzene rings is 1. The first-order valence-corrected chi connectivity index (χ1v) is 9.49. The van der Waals surface area contributed by atoms with Crippen molar-refractivity contribution in [2.24, 2.45) is 4.99 Å². The lowest BCUT2D eigenvalue weighted by molar-refractivity contribution is -0.115. The molecule has 2 aliphatic heterocycles. The van der Waals surface area contributed by atoms with Gasteiger partial charge in [0.15, 0.2) is 15.0 Å². The van der Waals surface area contributed by atoms with Crippen LogP contribution in [0.4, 0.5) is 5.69 Å². The lowest BCUT2D eigenvalue weighted by Gasteiger charge is -2.24. The Morgan fingerprint density at radius 1 is 1.41 bits per heavy atom. The Balaban J connectivity index is 2.04. The summed E-state index contributed by atoms with van der Waals surface area (Å²) in [5.74, 6) is 0.589. The van der Waals surface area contributed by atoms with Crippen molar-refractivity contribution < 1.29 is 17.9 Å². The maximum Gasteiger partial charge on any atom is 0.244 e. The fraction of sp³-hybridized carbons (Fsp3) is 0.429. The van der Waals surface area contributed by atoms with Crippen LogP contribution in [0.25, 0.3) is 0 Å². The molecule has 0 spiro atoms. The Morgan fingerprint density at radius 2 is 2.18 bits per heavy atom. The number of rotatable bonds is 2. The van der Waals surface area contributed by atoms with E-state index in [0.717, 1.165) is 5.69 Å². The van der Waals surface area contributed by atoms with Crippen molar-refractivity contribution in [2.75, 3.05) is 23.5 Å². The molecular formula is C14H16N2O4S2. The predicted octanol–water partition coefficient (Wildman–Crippen LogP) is 1.32. The van der Waals surface area contributed by atoms with Crippen molar-refractivity contribution in [1.82, 2.24) is 0 Å². The maximum absolute atomic E-state index is 11.9. The molecule has 22 heavy (non-hydrogen) atoms. The second-order valence-corrected chi connectivity index (χ2v) is 8.65. The molecule has 0 radical (unpaired) electrons. The number of aliphatic imine (C=N–C) groups is 1. The average Bonchev–Trinajstić information content (AvgIpc) is 2.89. The van der Waals surface area contributed by atoms with Crippen LogP contribution in [-0.4, -0.2) is 49.4 Å². The zero-order valence-electron chi connectivity index (χ0n) is 12.2. The smallest absolute Gasteiger partial charge is 0.244 e. The van der Waals surface area contributed by atoms with Gasteiger partial charge >= 0.3 is 0 Å². The van der Waals surface area contributed by atoms with Gasteiger partial charge in [-0.05, 0) is 12.1 Å². The standard InChI is InChI=1S/C14H16N2O4S2/c1-9(17)15-14-16(10-4-3-5-11(6-10)20-2)12-7-22(18,19)8-13(12)21-14/h3-6,12-13H,7-8H2,1-2H3. The molecule has 3 rings (SSSR count). The first-order chi connectivity index (χ1) is 10.4. The predicted molar refractivity (Wildman–Crippen MR) is 87.4 cm³/mol. The number of amidine groups is 1. The van der Waals surface area contributed by atoms with Crippen LogP contribution in [0.15, 0.2) is 29.3 Å². The van der Waals surface area contributed by atoms with Gasteiger partial charge in [0.1, 0.15) is 5.75 Å². The summed E-state index contributed by atoms with van der Waals surface area (Å²) in [5, 5.41) is 0.472. The van der Waals surface area contributed by atoms with Crippen LogP contribution >= 0.6 is 11.8 Å². The molecule has 118 valence electrons. The van der Waals surface area contributed by atoms with Gasteiger partial charge in [-0.15, -0.1) is 0 Å². The molecule has 6 nitrogen and oxygen atoms in total. The topological polar surface area (TPSA) is 76.0 Å². The van der Waals surface area contributed by atoms with Gasteiger partial charge in [-0.25, -0.2) is 8.42 Å². The Bertz CT molecular complexity index is 745. The molecule has 1 aromatic rings. The minimum Gasteiger partial charge on any atom is -0.497 e. The molecule has 0 aliphatic carbocycles. The van der Waals surface area contributed by atoms with E-state index < -0.39 is 9.84 Å². The molecule has 0 saturated carbocycles.